The van der Waals surface area contributed by atoms with E-state index in [9.17, 15) is 13.2 Å². The smallest absolute Gasteiger partial charge is 0.271 e. The van der Waals surface area contributed by atoms with Crippen molar-refractivity contribution in [3.05, 3.63) is 35.4 Å². The quantitative estimate of drug-likeness (QED) is 0.638. The average Bonchev–Trinajstić information content (AvgIpc) is 3.19. The van der Waals surface area contributed by atoms with Crippen molar-refractivity contribution in [3.8, 4) is 0 Å². The third-order valence-electron chi connectivity index (χ3n) is 3.95. The van der Waals surface area contributed by atoms with Crippen LogP contribution in [0.4, 0.5) is 13.2 Å². The Hall–Kier alpha value is -1.07. The van der Waals surface area contributed by atoms with E-state index in [4.69, 9.17) is 5.84 Å². The number of alkyl halides is 3. The predicted molar refractivity (Wildman–Crippen MR) is 68.1 cm³/mol. The third kappa shape index (κ3) is 3.70. The monoisotopic (exact) mass is 272 g/mol. The van der Waals surface area contributed by atoms with E-state index in [0.29, 0.717) is 18.3 Å². The molecule has 2 unspecified atom stereocenters. The molecule has 3 N–H and O–H groups in total. The summed E-state index contributed by atoms with van der Waals surface area (Å²) in [6.45, 7) is 2.15. The normalized spacial score (nSPS) is 19.2. The summed E-state index contributed by atoms with van der Waals surface area (Å²) in [6, 6.07) is 5.44. The van der Waals surface area contributed by atoms with Gasteiger partial charge in [-0.1, -0.05) is 19.1 Å². The van der Waals surface area contributed by atoms with E-state index in [0.717, 1.165) is 17.7 Å². The Morgan fingerprint density at radius 1 is 1.26 bits per heavy atom. The van der Waals surface area contributed by atoms with Crippen molar-refractivity contribution < 1.29 is 13.2 Å². The second-order valence-electron chi connectivity index (χ2n) is 5.37. The van der Waals surface area contributed by atoms with Crippen LogP contribution >= 0.6 is 0 Å². The van der Waals surface area contributed by atoms with Crippen LogP contribution in [0.2, 0.25) is 0 Å². The summed E-state index contributed by atoms with van der Waals surface area (Å²) in [5.74, 6) is 6.71. The number of hydrazine groups is 1. The Labute approximate surface area is 111 Å². The zero-order chi connectivity index (χ0) is 14.0. The number of halogens is 3. The summed E-state index contributed by atoms with van der Waals surface area (Å²) < 4.78 is 37.4. The molecule has 2 atom stereocenters. The van der Waals surface area contributed by atoms with E-state index in [-0.39, 0.29) is 6.04 Å². The minimum atomic E-state index is -4.27. The standard InChI is InChI=1S/C14H19F3N2/c1-9(11-4-5-11)13(19-18)8-10-2-6-12(7-3-10)14(15,16)17/h2-3,6-7,9,11,13,19H,4-5,8,18H2,1H3. The van der Waals surface area contributed by atoms with Gasteiger partial charge in [0.15, 0.2) is 0 Å². The molecule has 2 rings (SSSR count). The van der Waals surface area contributed by atoms with Crippen molar-refractivity contribution >= 4 is 0 Å². The second kappa shape index (κ2) is 5.51. The fourth-order valence-corrected chi connectivity index (χ4v) is 2.43. The van der Waals surface area contributed by atoms with Crippen LogP contribution in [0.3, 0.4) is 0 Å². The first-order valence-corrected chi connectivity index (χ1v) is 6.54. The Balaban J connectivity index is 2.01. The minimum Gasteiger partial charge on any atom is -0.271 e. The lowest BCUT2D eigenvalue weighted by Gasteiger charge is -2.23. The molecule has 106 valence electrons. The Morgan fingerprint density at radius 3 is 2.26 bits per heavy atom. The minimum absolute atomic E-state index is 0.115. The summed E-state index contributed by atoms with van der Waals surface area (Å²) in [4.78, 5) is 0. The first kappa shape index (κ1) is 14.3. The van der Waals surface area contributed by atoms with Crippen LogP contribution < -0.4 is 11.3 Å². The highest BCUT2D eigenvalue weighted by molar-refractivity contribution is 5.25. The molecule has 0 saturated heterocycles. The zero-order valence-electron chi connectivity index (χ0n) is 10.9. The van der Waals surface area contributed by atoms with Crippen molar-refractivity contribution in [3.63, 3.8) is 0 Å². The molecular formula is C14H19F3N2. The third-order valence-corrected chi connectivity index (χ3v) is 3.95. The SMILES string of the molecule is CC(C1CC1)C(Cc1ccc(C(F)(F)F)cc1)NN. The van der Waals surface area contributed by atoms with Crippen LogP contribution in [0, 0.1) is 11.8 Å². The summed E-state index contributed by atoms with van der Waals surface area (Å²) in [7, 11) is 0. The van der Waals surface area contributed by atoms with Gasteiger partial charge in [0.25, 0.3) is 0 Å². The van der Waals surface area contributed by atoms with Gasteiger partial charge in [0.1, 0.15) is 0 Å². The molecule has 0 aromatic heterocycles. The van der Waals surface area contributed by atoms with Crippen LogP contribution in [0.1, 0.15) is 30.9 Å². The summed E-state index contributed by atoms with van der Waals surface area (Å²) in [6.07, 6.45) is -1.16. The molecule has 1 aromatic rings. The number of rotatable bonds is 5. The molecule has 0 spiro atoms. The molecule has 19 heavy (non-hydrogen) atoms. The molecule has 2 nitrogen and oxygen atoms in total. The van der Waals surface area contributed by atoms with Crippen molar-refractivity contribution in [2.75, 3.05) is 0 Å². The first-order valence-electron chi connectivity index (χ1n) is 6.54. The van der Waals surface area contributed by atoms with Gasteiger partial charge in [0.2, 0.25) is 0 Å². The zero-order valence-corrected chi connectivity index (χ0v) is 10.9. The lowest BCUT2D eigenvalue weighted by Crippen LogP contribution is -2.42. The molecule has 0 radical (unpaired) electrons. The number of hydrogen-bond donors (Lipinski definition) is 2. The number of nitrogens with one attached hydrogen (secondary N) is 1. The summed E-state index contributed by atoms with van der Waals surface area (Å²) in [5, 5.41) is 0. The number of hydrogen-bond acceptors (Lipinski definition) is 2. The molecule has 0 bridgehead atoms. The second-order valence-corrected chi connectivity index (χ2v) is 5.37. The van der Waals surface area contributed by atoms with Gasteiger partial charge in [-0.15, -0.1) is 0 Å². The molecule has 1 saturated carbocycles. The van der Waals surface area contributed by atoms with Gasteiger partial charge < -0.3 is 0 Å². The maximum atomic E-state index is 12.5. The highest BCUT2D eigenvalue weighted by Crippen LogP contribution is 2.38. The van der Waals surface area contributed by atoms with E-state index in [1.165, 1.54) is 25.0 Å². The van der Waals surface area contributed by atoms with Crippen LogP contribution in [0.5, 0.6) is 0 Å². The Morgan fingerprint density at radius 2 is 1.84 bits per heavy atom. The molecule has 0 aliphatic heterocycles. The van der Waals surface area contributed by atoms with Gasteiger partial charge >= 0.3 is 6.18 Å². The van der Waals surface area contributed by atoms with Gasteiger partial charge in [0.05, 0.1) is 5.56 Å². The molecular weight excluding hydrogens is 253 g/mol. The van der Waals surface area contributed by atoms with Crippen molar-refractivity contribution in [1.29, 1.82) is 0 Å². The Bertz CT molecular complexity index is 410. The van der Waals surface area contributed by atoms with E-state index in [1.807, 2.05) is 0 Å². The highest BCUT2D eigenvalue weighted by atomic mass is 19.4. The lowest BCUT2D eigenvalue weighted by atomic mass is 9.91. The van der Waals surface area contributed by atoms with Gasteiger partial charge in [-0.2, -0.15) is 13.2 Å². The lowest BCUT2D eigenvalue weighted by molar-refractivity contribution is -0.137. The van der Waals surface area contributed by atoms with Gasteiger partial charge in [-0.25, -0.2) is 0 Å². The molecule has 1 fully saturated rings. The molecule has 1 aliphatic rings. The molecule has 1 aliphatic carbocycles. The number of benzene rings is 1. The molecule has 0 heterocycles. The van der Waals surface area contributed by atoms with Crippen molar-refractivity contribution in [2.24, 2.45) is 17.7 Å². The summed E-state index contributed by atoms with van der Waals surface area (Å²) >= 11 is 0. The molecule has 5 heteroatoms. The molecule has 1 aromatic carbocycles. The van der Waals surface area contributed by atoms with E-state index >= 15 is 0 Å². The van der Waals surface area contributed by atoms with Crippen LogP contribution in [-0.2, 0) is 12.6 Å². The van der Waals surface area contributed by atoms with E-state index in [1.54, 1.807) is 0 Å². The largest absolute Gasteiger partial charge is 0.416 e. The fraction of sp³-hybridized carbons (Fsp3) is 0.571. The van der Waals surface area contributed by atoms with Gasteiger partial charge in [-0.05, 0) is 48.8 Å². The van der Waals surface area contributed by atoms with Gasteiger partial charge in [0, 0.05) is 6.04 Å². The van der Waals surface area contributed by atoms with Crippen LogP contribution in [-0.4, -0.2) is 6.04 Å². The summed E-state index contributed by atoms with van der Waals surface area (Å²) in [5.41, 5.74) is 3.06. The van der Waals surface area contributed by atoms with Crippen LogP contribution in [0.25, 0.3) is 0 Å². The Kier molecular flexibility index (Phi) is 4.16. The number of nitrogens with two attached hydrogens (primary N) is 1. The van der Waals surface area contributed by atoms with Crippen molar-refractivity contribution in [1.82, 2.24) is 5.43 Å². The average molecular weight is 272 g/mol. The van der Waals surface area contributed by atoms with Gasteiger partial charge in [-0.3, -0.25) is 11.3 Å². The van der Waals surface area contributed by atoms with Crippen LogP contribution in [0.15, 0.2) is 24.3 Å². The van der Waals surface area contributed by atoms with E-state index < -0.39 is 11.7 Å². The van der Waals surface area contributed by atoms with E-state index in [2.05, 4.69) is 12.3 Å². The predicted octanol–water partition coefficient (Wildman–Crippen LogP) is 3.13. The topological polar surface area (TPSA) is 38.0 Å². The first-order chi connectivity index (χ1) is 8.91. The molecule has 0 amide bonds. The van der Waals surface area contributed by atoms with Crippen molar-refractivity contribution in [2.45, 2.75) is 38.4 Å². The maximum Gasteiger partial charge on any atom is 0.416 e. The highest BCUT2D eigenvalue weighted by Gasteiger charge is 2.33. The maximum absolute atomic E-state index is 12.5. The fourth-order valence-electron chi connectivity index (χ4n) is 2.43.